The van der Waals surface area contributed by atoms with Crippen molar-refractivity contribution in [1.82, 2.24) is 14.6 Å². The minimum atomic E-state index is -4.67. The van der Waals surface area contributed by atoms with Gasteiger partial charge in [0.1, 0.15) is 5.56 Å². The Labute approximate surface area is 92.5 Å². The second-order valence-electron chi connectivity index (χ2n) is 3.40. The highest BCUT2D eigenvalue weighted by Crippen LogP contribution is 2.32. The Morgan fingerprint density at radius 3 is 2.65 bits per heavy atom. The van der Waals surface area contributed by atoms with Crippen LogP contribution in [-0.4, -0.2) is 25.7 Å². The predicted molar refractivity (Wildman–Crippen MR) is 49.7 cm³/mol. The molecule has 2 aromatic rings. The molecule has 0 fully saturated rings. The van der Waals surface area contributed by atoms with Gasteiger partial charge in [0, 0.05) is 0 Å². The van der Waals surface area contributed by atoms with Crippen LogP contribution >= 0.6 is 0 Å². The smallest absolute Gasteiger partial charge is 0.420 e. The van der Waals surface area contributed by atoms with E-state index in [2.05, 4.69) is 10.1 Å². The van der Waals surface area contributed by atoms with Crippen molar-refractivity contribution in [3.8, 4) is 0 Å². The van der Waals surface area contributed by atoms with Gasteiger partial charge >= 0.3 is 12.1 Å². The molecule has 0 aromatic carbocycles. The van der Waals surface area contributed by atoms with Gasteiger partial charge in [0.25, 0.3) is 0 Å². The molecule has 90 valence electrons. The van der Waals surface area contributed by atoms with Crippen molar-refractivity contribution in [3.63, 3.8) is 0 Å². The zero-order valence-corrected chi connectivity index (χ0v) is 8.49. The number of aryl methyl sites for hydroxylation is 1. The number of carbonyl (C=O) groups is 1. The van der Waals surface area contributed by atoms with Crippen LogP contribution in [0, 0.1) is 6.92 Å². The zero-order valence-electron chi connectivity index (χ0n) is 8.49. The van der Waals surface area contributed by atoms with Crippen LogP contribution in [0.2, 0.25) is 0 Å². The van der Waals surface area contributed by atoms with Gasteiger partial charge < -0.3 is 5.11 Å². The SMILES string of the molecule is Cc1cn2nc(C(=O)O)cc(C(F)(F)F)c2n1. The van der Waals surface area contributed by atoms with Gasteiger partial charge in [0.2, 0.25) is 0 Å². The number of aromatic nitrogens is 3. The normalized spacial score (nSPS) is 12.0. The Kier molecular flexibility index (Phi) is 2.30. The first kappa shape index (κ1) is 11.4. The van der Waals surface area contributed by atoms with Crippen LogP contribution in [-0.2, 0) is 6.18 Å². The molecule has 2 heterocycles. The van der Waals surface area contributed by atoms with E-state index >= 15 is 0 Å². The maximum atomic E-state index is 12.7. The molecule has 0 atom stereocenters. The Morgan fingerprint density at radius 1 is 1.47 bits per heavy atom. The Balaban J connectivity index is 2.82. The van der Waals surface area contributed by atoms with Gasteiger partial charge in [-0.3, -0.25) is 0 Å². The minimum Gasteiger partial charge on any atom is -0.476 e. The molecule has 0 aliphatic rings. The molecule has 0 bridgehead atoms. The van der Waals surface area contributed by atoms with Crippen LogP contribution in [0.5, 0.6) is 0 Å². The summed E-state index contributed by atoms with van der Waals surface area (Å²) in [6.07, 6.45) is -3.44. The monoisotopic (exact) mass is 245 g/mol. The number of aromatic carboxylic acids is 1. The van der Waals surface area contributed by atoms with Crippen molar-refractivity contribution in [3.05, 3.63) is 29.2 Å². The van der Waals surface area contributed by atoms with E-state index in [0.717, 1.165) is 4.52 Å². The highest BCUT2D eigenvalue weighted by molar-refractivity contribution is 5.85. The molecule has 0 aliphatic heterocycles. The lowest BCUT2D eigenvalue weighted by Crippen LogP contribution is -2.13. The lowest BCUT2D eigenvalue weighted by Gasteiger charge is -2.08. The van der Waals surface area contributed by atoms with Crippen molar-refractivity contribution in [2.24, 2.45) is 0 Å². The highest BCUT2D eigenvalue weighted by Gasteiger charge is 2.35. The molecule has 0 saturated heterocycles. The molecular formula is C9H6F3N3O2. The van der Waals surface area contributed by atoms with Crippen molar-refractivity contribution < 1.29 is 23.1 Å². The van der Waals surface area contributed by atoms with Gasteiger partial charge in [-0.25, -0.2) is 14.3 Å². The maximum absolute atomic E-state index is 12.7. The Bertz CT molecular complexity index is 603. The van der Waals surface area contributed by atoms with Crippen LogP contribution in [0.1, 0.15) is 21.7 Å². The predicted octanol–water partition coefficient (Wildman–Crippen LogP) is 1.75. The summed E-state index contributed by atoms with van der Waals surface area (Å²) in [7, 11) is 0. The van der Waals surface area contributed by atoms with Gasteiger partial charge in [0.05, 0.1) is 11.9 Å². The molecule has 0 radical (unpaired) electrons. The molecule has 0 unspecified atom stereocenters. The summed E-state index contributed by atoms with van der Waals surface area (Å²) in [5, 5.41) is 12.2. The maximum Gasteiger partial charge on any atom is 0.420 e. The fourth-order valence-electron chi connectivity index (χ4n) is 1.40. The molecule has 8 heteroatoms. The third-order valence-corrected chi connectivity index (χ3v) is 2.07. The first-order valence-electron chi connectivity index (χ1n) is 4.46. The number of fused-ring (bicyclic) bond motifs is 1. The van der Waals surface area contributed by atoms with E-state index in [0.29, 0.717) is 11.8 Å². The topological polar surface area (TPSA) is 67.5 Å². The van der Waals surface area contributed by atoms with Gasteiger partial charge in [0.15, 0.2) is 11.3 Å². The molecule has 17 heavy (non-hydrogen) atoms. The molecule has 0 amide bonds. The van der Waals surface area contributed by atoms with Gasteiger partial charge in [-0.05, 0) is 13.0 Å². The largest absolute Gasteiger partial charge is 0.476 e. The summed E-state index contributed by atoms with van der Waals surface area (Å²) in [6.45, 7) is 1.50. The molecule has 5 nitrogen and oxygen atoms in total. The minimum absolute atomic E-state index is 0.325. The van der Waals surface area contributed by atoms with Gasteiger partial charge in [-0.2, -0.15) is 18.3 Å². The fourth-order valence-corrected chi connectivity index (χ4v) is 1.40. The van der Waals surface area contributed by atoms with E-state index in [4.69, 9.17) is 5.11 Å². The molecule has 0 spiro atoms. The quantitative estimate of drug-likeness (QED) is 0.831. The summed E-state index contributed by atoms with van der Waals surface area (Å²) in [4.78, 5) is 14.3. The Morgan fingerprint density at radius 2 is 2.12 bits per heavy atom. The first-order chi connectivity index (χ1) is 7.79. The molecule has 0 saturated carbocycles. The molecular weight excluding hydrogens is 239 g/mol. The highest BCUT2D eigenvalue weighted by atomic mass is 19.4. The molecule has 2 aromatic heterocycles. The summed E-state index contributed by atoms with van der Waals surface area (Å²) in [5.74, 6) is -1.52. The van der Waals surface area contributed by atoms with E-state index in [9.17, 15) is 18.0 Å². The van der Waals surface area contributed by atoms with E-state index in [1.54, 1.807) is 0 Å². The number of alkyl halides is 3. The number of carboxylic acids is 1. The average Bonchev–Trinajstić information content (AvgIpc) is 2.54. The van der Waals surface area contributed by atoms with Crippen molar-refractivity contribution in [1.29, 1.82) is 0 Å². The van der Waals surface area contributed by atoms with Crippen LogP contribution in [0.25, 0.3) is 5.65 Å². The second kappa shape index (κ2) is 3.44. The lowest BCUT2D eigenvalue weighted by atomic mass is 10.2. The molecule has 0 aliphatic carbocycles. The molecule has 2 rings (SSSR count). The Hall–Kier alpha value is -2.12. The van der Waals surface area contributed by atoms with Crippen molar-refractivity contribution >= 4 is 11.6 Å². The number of halogens is 3. The van der Waals surface area contributed by atoms with Crippen LogP contribution in [0.3, 0.4) is 0 Å². The average molecular weight is 245 g/mol. The number of rotatable bonds is 1. The van der Waals surface area contributed by atoms with E-state index in [-0.39, 0.29) is 0 Å². The summed E-state index contributed by atoms with van der Waals surface area (Å²) in [5.41, 5.74) is -1.87. The lowest BCUT2D eigenvalue weighted by molar-refractivity contribution is -0.136. The van der Waals surface area contributed by atoms with Crippen LogP contribution in [0.15, 0.2) is 12.3 Å². The van der Waals surface area contributed by atoms with E-state index < -0.39 is 29.1 Å². The summed E-state index contributed by atoms with van der Waals surface area (Å²) < 4.78 is 38.9. The number of carboxylic acid groups (broad SMARTS) is 1. The first-order valence-corrected chi connectivity index (χ1v) is 4.46. The fraction of sp³-hybridized carbons (Fsp3) is 0.222. The number of hydrogen-bond acceptors (Lipinski definition) is 3. The van der Waals surface area contributed by atoms with Crippen LogP contribution in [0.4, 0.5) is 13.2 Å². The summed E-state index contributed by atoms with van der Waals surface area (Å²) >= 11 is 0. The standard InChI is InChI=1S/C9H6F3N3O2/c1-4-3-15-7(13-4)5(9(10,11)12)2-6(14-15)8(16)17/h2-3H,1H3,(H,16,17). The van der Waals surface area contributed by atoms with Crippen LogP contribution < -0.4 is 0 Å². The number of imidazole rings is 1. The molecule has 1 N–H and O–H groups in total. The summed E-state index contributed by atoms with van der Waals surface area (Å²) in [6, 6.07) is 0.476. The van der Waals surface area contributed by atoms with Gasteiger partial charge in [-0.15, -0.1) is 0 Å². The van der Waals surface area contributed by atoms with Gasteiger partial charge in [-0.1, -0.05) is 0 Å². The van der Waals surface area contributed by atoms with E-state index in [1.807, 2.05) is 0 Å². The zero-order chi connectivity index (χ0) is 12.8. The third kappa shape index (κ3) is 1.93. The second-order valence-corrected chi connectivity index (χ2v) is 3.40. The third-order valence-electron chi connectivity index (χ3n) is 2.07. The van der Waals surface area contributed by atoms with E-state index in [1.165, 1.54) is 13.1 Å². The number of nitrogens with zero attached hydrogens (tertiary/aromatic N) is 3. The number of hydrogen-bond donors (Lipinski definition) is 1. The van der Waals surface area contributed by atoms with Crippen molar-refractivity contribution in [2.75, 3.05) is 0 Å². The van der Waals surface area contributed by atoms with Crippen molar-refractivity contribution in [2.45, 2.75) is 13.1 Å².